The maximum atomic E-state index is 13.3. The highest BCUT2D eigenvalue weighted by atomic mass is 79.9. The third kappa shape index (κ3) is 3.28. The van der Waals surface area contributed by atoms with Gasteiger partial charge in [0.05, 0.1) is 4.47 Å². The number of nitrogens with one attached hydrogen (secondary N) is 1. The van der Waals surface area contributed by atoms with E-state index >= 15 is 0 Å². The standard InChI is InChI=1S/C11H13BrFNO2/c1-2-5-14-10(11(15)16)7-3-4-8(12)9(13)6-7/h3-4,6,10,14H,2,5H2,1H3,(H,15,16). The zero-order chi connectivity index (χ0) is 12.1. The molecule has 0 heterocycles. The van der Waals surface area contributed by atoms with Gasteiger partial charge in [-0.15, -0.1) is 0 Å². The van der Waals surface area contributed by atoms with Gasteiger partial charge in [0.15, 0.2) is 0 Å². The van der Waals surface area contributed by atoms with E-state index < -0.39 is 17.8 Å². The van der Waals surface area contributed by atoms with Crippen molar-refractivity contribution in [1.29, 1.82) is 0 Å². The molecule has 88 valence electrons. The maximum absolute atomic E-state index is 13.3. The molecule has 0 spiro atoms. The molecule has 0 aliphatic rings. The fourth-order valence-corrected chi connectivity index (χ4v) is 1.57. The van der Waals surface area contributed by atoms with Gasteiger partial charge in [-0.25, -0.2) is 4.39 Å². The summed E-state index contributed by atoms with van der Waals surface area (Å²) in [6.45, 7) is 2.52. The molecule has 1 aromatic rings. The third-order valence-corrected chi connectivity index (χ3v) is 2.77. The lowest BCUT2D eigenvalue weighted by molar-refractivity contribution is -0.139. The maximum Gasteiger partial charge on any atom is 0.325 e. The predicted octanol–water partition coefficient (Wildman–Crippen LogP) is 2.71. The number of hydrogen-bond acceptors (Lipinski definition) is 2. The van der Waals surface area contributed by atoms with Crippen LogP contribution in [0.25, 0.3) is 0 Å². The molecule has 0 aliphatic heterocycles. The molecule has 0 aromatic heterocycles. The Kier molecular flexibility index (Phi) is 4.89. The van der Waals surface area contributed by atoms with E-state index in [0.29, 0.717) is 16.6 Å². The number of carboxylic acid groups (broad SMARTS) is 1. The number of carboxylic acids is 1. The topological polar surface area (TPSA) is 49.3 Å². The number of aliphatic carboxylic acids is 1. The number of halogens is 2. The Balaban J connectivity index is 2.92. The van der Waals surface area contributed by atoms with Crippen LogP contribution in [0.2, 0.25) is 0 Å². The highest BCUT2D eigenvalue weighted by Gasteiger charge is 2.19. The van der Waals surface area contributed by atoms with E-state index in [-0.39, 0.29) is 0 Å². The highest BCUT2D eigenvalue weighted by Crippen LogP contribution is 2.21. The molecule has 0 amide bonds. The molecule has 3 nitrogen and oxygen atoms in total. The molecule has 0 fully saturated rings. The number of rotatable bonds is 5. The normalized spacial score (nSPS) is 12.4. The Labute approximate surface area is 102 Å². The van der Waals surface area contributed by atoms with Crippen LogP contribution in [0.15, 0.2) is 22.7 Å². The summed E-state index contributed by atoms with van der Waals surface area (Å²) in [4.78, 5) is 11.0. The lowest BCUT2D eigenvalue weighted by atomic mass is 10.1. The van der Waals surface area contributed by atoms with E-state index in [0.717, 1.165) is 6.42 Å². The summed E-state index contributed by atoms with van der Waals surface area (Å²) in [5, 5.41) is 11.9. The minimum atomic E-state index is -1.00. The minimum absolute atomic E-state index is 0.330. The van der Waals surface area contributed by atoms with E-state index in [1.165, 1.54) is 12.1 Å². The predicted molar refractivity (Wildman–Crippen MR) is 62.8 cm³/mol. The monoisotopic (exact) mass is 289 g/mol. The largest absolute Gasteiger partial charge is 0.480 e. The van der Waals surface area contributed by atoms with Crippen molar-refractivity contribution in [2.75, 3.05) is 6.54 Å². The number of carbonyl (C=O) groups is 1. The van der Waals surface area contributed by atoms with Crippen LogP contribution >= 0.6 is 15.9 Å². The SMILES string of the molecule is CCCNC(C(=O)O)c1ccc(Br)c(F)c1. The van der Waals surface area contributed by atoms with Gasteiger partial charge in [-0.1, -0.05) is 13.0 Å². The molecular weight excluding hydrogens is 277 g/mol. The van der Waals surface area contributed by atoms with Crippen molar-refractivity contribution in [2.45, 2.75) is 19.4 Å². The molecule has 0 aliphatic carbocycles. The Bertz CT molecular complexity index is 384. The average molecular weight is 290 g/mol. The lowest BCUT2D eigenvalue weighted by Crippen LogP contribution is -2.29. The van der Waals surface area contributed by atoms with Crippen molar-refractivity contribution in [3.8, 4) is 0 Å². The zero-order valence-electron chi connectivity index (χ0n) is 8.84. The molecule has 0 saturated heterocycles. The molecule has 1 unspecified atom stereocenters. The molecule has 5 heteroatoms. The molecule has 1 atom stereocenters. The van der Waals surface area contributed by atoms with E-state index in [9.17, 15) is 9.18 Å². The number of hydrogen-bond donors (Lipinski definition) is 2. The zero-order valence-corrected chi connectivity index (χ0v) is 10.4. The Morgan fingerprint density at radius 2 is 2.31 bits per heavy atom. The van der Waals surface area contributed by atoms with Gasteiger partial charge in [0.2, 0.25) is 0 Å². The second-order valence-corrected chi connectivity index (χ2v) is 4.25. The molecule has 0 bridgehead atoms. The van der Waals surface area contributed by atoms with Crippen molar-refractivity contribution in [3.05, 3.63) is 34.1 Å². The van der Waals surface area contributed by atoms with Gasteiger partial charge in [0.1, 0.15) is 11.9 Å². The molecule has 2 N–H and O–H groups in total. The first kappa shape index (κ1) is 13.1. The molecule has 1 rings (SSSR count). The third-order valence-electron chi connectivity index (χ3n) is 2.12. The Morgan fingerprint density at radius 1 is 1.62 bits per heavy atom. The van der Waals surface area contributed by atoms with Crippen LogP contribution in [0.3, 0.4) is 0 Å². The molecular formula is C11H13BrFNO2. The van der Waals surface area contributed by atoms with Gasteiger partial charge in [0, 0.05) is 0 Å². The van der Waals surface area contributed by atoms with Gasteiger partial charge in [-0.3, -0.25) is 4.79 Å². The van der Waals surface area contributed by atoms with Crippen LogP contribution in [-0.2, 0) is 4.79 Å². The quantitative estimate of drug-likeness (QED) is 0.876. The van der Waals surface area contributed by atoms with E-state index in [2.05, 4.69) is 21.2 Å². The summed E-state index contributed by atoms with van der Waals surface area (Å²) in [5.41, 5.74) is 0.418. The summed E-state index contributed by atoms with van der Waals surface area (Å²) in [6.07, 6.45) is 0.822. The molecule has 0 radical (unpaired) electrons. The summed E-state index contributed by atoms with van der Waals surface area (Å²) >= 11 is 3.03. The van der Waals surface area contributed by atoms with Gasteiger partial charge in [0.25, 0.3) is 0 Å². The fraction of sp³-hybridized carbons (Fsp3) is 0.364. The second-order valence-electron chi connectivity index (χ2n) is 3.40. The molecule has 1 aromatic carbocycles. The first-order chi connectivity index (χ1) is 7.56. The Morgan fingerprint density at radius 3 is 2.81 bits per heavy atom. The van der Waals surface area contributed by atoms with E-state index in [4.69, 9.17) is 5.11 Å². The summed E-state index contributed by atoms with van der Waals surface area (Å²) < 4.78 is 13.6. The first-order valence-corrected chi connectivity index (χ1v) is 5.76. The van der Waals surface area contributed by atoms with Crippen LogP contribution in [0.5, 0.6) is 0 Å². The minimum Gasteiger partial charge on any atom is -0.480 e. The van der Waals surface area contributed by atoms with Crippen LogP contribution in [0.1, 0.15) is 24.9 Å². The van der Waals surface area contributed by atoms with Crippen molar-refractivity contribution in [1.82, 2.24) is 5.32 Å². The Hall–Kier alpha value is -0.940. The molecule has 16 heavy (non-hydrogen) atoms. The van der Waals surface area contributed by atoms with Crippen LogP contribution in [-0.4, -0.2) is 17.6 Å². The van der Waals surface area contributed by atoms with Crippen molar-refractivity contribution in [3.63, 3.8) is 0 Å². The summed E-state index contributed by atoms with van der Waals surface area (Å²) in [5.74, 6) is -1.46. The fourth-order valence-electron chi connectivity index (χ4n) is 1.33. The van der Waals surface area contributed by atoms with Crippen LogP contribution in [0, 0.1) is 5.82 Å². The number of benzene rings is 1. The van der Waals surface area contributed by atoms with Gasteiger partial charge < -0.3 is 10.4 Å². The summed E-state index contributed by atoms with van der Waals surface area (Å²) in [7, 11) is 0. The van der Waals surface area contributed by atoms with Gasteiger partial charge >= 0.3 is 5.97 Å². The van der Waals surface area contributed by atoms with Gasteiger partial charge in [-0.05, 0) is 46.6 Å². The van der Waals surface area contributed by atoms with E-state index in [1.54, 1.807) is 6.07 Å². The van der Waals surface area contributed by atoms with Crippen LogP contribution in [0.4, 0.5) is 4.39 Å². The van der Waals surface area contributed by atoms with Crippen molar-refractivity contribution >= 4 is 21.9 Å². The van der Waals surface area contributed by atoms with Crippen molar-refractivity contribution < 1.29 is 14.3 Å². The summed E-state index contributed by atoms with van der Waals surface area (Å²) in [6, 6.07) is 3.47. The average Bonchev–Trinajstić information content (AvgIpc) is 2.23. The van der Waals surface area contributed by atoms with E-state index in [1.807, 2.05) is 6.92 Å². The van der Waals surface area contributed by atoms with Gasteiger partial charge in [-0.2, -0.15) is 0 Å². The smallest absolute Gasteiger partial charge is 0.325 e. The second kappa shape index (κ2) is 5.96. The lowest BCUT2D eigenvalue weighted by Gasteiger charge is -2.14. The first-order valence-electron chi connectivity index (χ1n) is 4.97. The van der Waals surface area contributed by atoms with Crippen molar-refractivity contribution in [2.24, 2.45) is 0 Å². The van der Waals surface area contributed by atoms with Crippen LogP contribution < -0.4 is 5.32 Å². The molecule has 0 saturated carbocycles. The highest BCUT2D eigenvalue weighted by molar-refractivity contribution is 9.10.